The highest BCUT2D eigenvalue weighted by atomic mass is 16.6. The van der Waals surface area contributed by atoms with Crippen LogP contribution in [-0.2, 0) is 4.74 Å². The van der Waals surface area contributed by atoms with Crippen LogP contribution in [0.4, 0.5) is 0 Å². The minimum absolute atomic E-state index is 0.0103. The maximum Gasteiger partial charge on any atom is 0.251 e. The highest BCUT2D eigenvalue weighted by Gasteiger charge is 2.54. The molecule has 2 aromatic carbocycles. The molecular formula is C21H23NO8. The number of aromatic hydroxyl groups is 2. The van der Waals surface area contributed by atoms with Crippen molar-refractivity contribution in [2.45, 2.75) is 36.9 Å². The highest BCUT2D eigenvalue weighted by Crippen LogP contribution is 2.34. The van der Waals surface area contributed by atoms with Crippen molar-refractivity contribution in [2.75, 3.05) is 6.54 Å². The van der Waals surface area contributed by atoms with Crippen LogP contribution in [0.5, 0.6) is 11.5 Å². The molecule has 1 fully saturated rings. The van der Waals surface area contributed by atoms with Crippen molar-refractivity contribution in [2.24, 2.45) is 0 Å². The van der Waals surface area contributed by atoms with Crippen molar-refractivity contribution < 1.29 is 39.9 Å². The normalized spacial score (nSPS) is 25.8. The number of hydrogen-bond donors (Lipinski definition) is 6. The monoisotopic (exact) mass is 417 g/mol. The molecule has 3 rings (SSSR count). The van der Waals surface area contributed by atoms with E-state index >= 15 is 0 Å². The van der Waals surface area contributed by atoms with E-state index in [1.165, 1.54) is 48.5 Å². The molecular weight excluding hydrogens is 394 g/mol. The molecule has 4 atom stereocenters. The number of aliphatic hydroxyl groups excluding tert-OH is 2. The van der Waals surface area contributed by atoms with Gasteiger partial charge in [0, 0.05) is 24.1 Å². The molecule has 9 nitrogen and oxygen atoms in total. The van der Waals surface area contributed by atoms with Gasteiger partial charge in [-0.25, -0.2) is 0 Å². The number of amides is 1. The van der Waals surface area contributed by atoms with Crippen molar-refractivity contribution in [3.8, 4) is 11.5 Å². The van der Waals surface area contributed by atoms with Gasteiger partial charge in [-0.15, -0.1) is 0 Å². The van der Waals surface area contributed by atoms with Crippen molar-refractivity contribution in [3.05, 3.63) is 59.7 Å². The number of phenolic OH excluding ortho intramolecular Hbond substituents is 2. The number of ether oxygens (including phenoxy) is 1. The van der Waals surface area contributed by atoms with Crippen molar-refractivity contribution in [3.63, 3.8) is 0 Å². The van der Waals surface area contributed by atoms with Crippen molar-refractivity contribution >= 4 is 11.7 Å². The second-order valence-corrected chi connectivity index (χ2v) is 7.19. The van der Waals surface area contributed by atoms with E-state index in [4.69, 9.17) is 4.74 Å². The predicted molar refractivity (Wildman–Crippen MR) is 104 cm³/mol. The summed E-state index contributed by atoms with van der Waals surface area (Å²) in [6.45, 7) is -0.188. The third-order valence-corrected chi connectivity index (χ3v) is 5.13. The molecule has 9 heteroatoms. The molecule has 1 aliphatic rings. The Kier molecular flexibility index (Phi) is 6.37. The lowest BCUT2D eigenvalue weighted by Gasteiger charge is -2.28. The van der Waals surface area contributed by atoms with Crippen LogP contribution in [0.2, 0.25) is 0 Å². The summed E-state index contributed by atoms with van der Waals surface area (Å²) < 4.78 is 5.20. The largest absolute Gasteiger partial charge is 0.508 e. The quantitative estimate of drug-likeness (QED) is 0.351. The number of phenols is 2. The first-order valence-corrected chi connectivity index (χ1v) is 9.34. The fourth-order valence-electron chi connectivity index (χ4n) is 3.27. The Balaban J connectivity index is 1.57. The van der Waals surface area contributed by atoms with Gasteiger partial charge in [-0.2, -0.15) is 0 Å². The molecule has 1 amide bonds. The minimum atomic E-state index is -2.08. The zero-order valence-corrected chi connectivity index (χ0v) is 15.9. The van der Waals surface area contributed by atoms with Crippen LogP contribution in [-0.4, -0.2) is 67.9 Å². The van der Waals surface area contributed by atoms with Gasteiger partial charge in [-0.05, 0) is 55.0 Å². The zero-order chi connectivity index (χ0) is 21.9. The highest BCUT2D eigenvalue weighted by molar-refractivity contribution is 5.96. The number of aliphatic hydroxyl groups is 3. The van der Waals surface area contributed by atoms with Gasteiger partial charge < -0.3 is 35.6 Å². The first-order chi connectivity index (χ1) is 14.2. The molecule has 0 saturated carbocycles. The predicted octanol–water partition coefficient (Wildman–Crippen LogP) is 0.300. The number of hydrogen-bond acceptors (Lipinski definition) is 8. The second kappa shape index (κ2) is 8.80. The molecule has 0 radical (unpaired) electrons. The average molecular weight is 417 g/mol. The molecule has 1 aliphatic heterocycles. The molecule has 160 valence electrons. The van der Waals surface area contributed by atoms with Gasteiger partial charge >= 0.3 is 0 Å². The Labute approximate surface area is 172 Å². The smallest absolute Gasteiger partial charge is 0.251 e. The molecule has 1 heterocycles. The molecule has 30 heavy (non-hydrogen) atoms. The Bertz CT molecular complexity index is 898. The van der Waals surface area contributed by atoms with Gasteiger partial charge in [0.2, 0.25) is 0 Å². The summed E-state index contributed by atoms with van der Waals surface area (Å²) in [4.78, 5) is 24.4. The van der Waals surface area contributed by atoms with Crippen molar-refractivity contribution in [1.82, 2.24) is 5.32 Å². The van der Waals surface area contributed by atoms with E-state index in [1.807, 2.05) is 0 Å². The van der Waals surface area contributed by atoms with Crippen molar-refractivity contribution in [1.29, 1.82) is 0 Å². The third kappa shape index (κ3) is 4.60. The zero-order valence-electron chi connectivity index (χ0n) is 15.9. The summed E-state index contributed by atoms with van der Waals surface area (Å²) in [6.07, 6.45) is -4.81. The van der Waals surface area contributed by atoms with Gasteiger partial charge in [0.1, 0.15) is 29.3 Å². The lowest BCUT2D eigenvalue weighted by molar-refractivity contribution is -0.177. The summed E-state index contributed by atoms with van der Waals surface area (Å²) in [5.41, 5.74) is -1.49. The van der Waals surface area contributed by atoms with Gasteiger partial charge in [0.15, 0.2) is 12.1 Å². The Morgan fingerprint density at radius 3 is 2.03 bits per heavy atom. The molecule has 1 unspecified atom stereocenters. The molecule has 0 bridgehead atoms. The van der Waals surface area contributed by atoms with Crippen LogP contribution < -0.4 is 5.32 Å². The van der Waals surface area contributed by atoms with Gasteiger partial charge in [0.25, 0.3) is 5.91 Å². The summed E-state index contributed by atoms with van der Waals surface area (Å²) >= 11 is 0. The molecule has 0 aromatic heterocycles. The number of rotatable bonds is 7. The SMILES string of the molecule is O=C(CC[C@]1(O)C(O)O[C@H](CNC(=O)c2ccc(O)cc2)[C@H]1O)c1ccc(O)cc1. The summed E-state index contributed by atoms with van der Waals surface area (Å²) in [5.74, 6) is -0.807. The van der Waals surface area contributed by atoms with Gasteiger partial charge in [0.05, 0.1) is 0 Å². The number of nitrogens with one attached hydrogen (secondary N) is 1. The van der Waals surface area contributed by atoms with E-state index in [0.29, 0.717) is 5.56 Å². The topological polar surface area (TPSA) is 157 Å². The van der Waals surface area contributed by atoms with E-state index in [2.05, 4.69) is 5.32 Å². The standard InChI is InChI=1S/C21H23NO8/c23-14-5-1-12(2-6-14)16(25)9-10-21(29)18(26)17(30-20(21)28)11-22-19(27)13-3-7-15(24)8-4-13/h1-8,17-18,20,23-24,26,28-29H,9-11H2,(H,22,27)/t17-,18-,20?,21-/m1/s1. The number of carbonyl (C=O) groups is 2. The Hall–Kier alpha value is -2.98. The molecule has 0 aliphatic carbocycles. The molecule has 1 saturated heterocycles. The molecule has 2 aromatic rings. The number of carbonyl (C=O) groups excluding carboxylic acids is 2. The summed E-state index contributed by atoms with van der Waals surface area (Å²) in [7, 11) is 0. The van der Waals surface area contributed by atoms with Gasteiger partial charge in [-0.3, -0.25) is 9.59 Å². The minimum Gasteiger partial charge on any atom is -0.508 e. The summed E-state index contributed by atoms with van der Waals surface area (Å²) in [5, 5.41) is 52.3. The van der Waals surface area contributed by atoms with E-state index in [-0.39, 0.29) is 42.2 Å². The first-order valence-electron chi connectivity index (χ1n) is 9.34. The second-order valence-electron chi connectivity index (χ2n) is 7.19. The van der Waals surface area contributed by atoms with Crippen LogP contribution >= 0.6 is 0 Å². The van der Waals surface area contributed by atoms with E-state index in [9.17, 15) is 35.1 Å². The average Bonchev–Trinajstić information content (AvgIpc) is 2.95. The van der Waals surface area contributed by atoms with Crippen LogP contribution in [0, 0.1) is 0 Å². The van der Waals surface area contributed by atoms with E-state index in [1.54, 1.807) is 0 Å². The first kappa shape index (κ1) is 21.7. The van der Waals surface area contributed by atoms with Crippen LogP contribution in [0.1, 0.15) is 33.6 Å². The maximum atomic E-state index is 12.3. The summed E-state index contributed by atoms with van der Waals surface area (Å²) in [6, 6.07) is 11.1. The number of Topliss-reactive ketones (excluding diaryl/α,β-unsaturated/α-hetero) is 1. The third-order valence-electron chi connectivity index (χ3n) is 5.13. The lowest BCUT2D eigenvalue weighted by Crippen LogP contribution is -2.50. The van der Waals surface area contributed by atoms with E-state index < -0.39 is 30.0 Å². The maximum absolute atomic E-state index is 12.3. The Morgan fingerprint density at radius 2 is 1.47 bits per heavy atom. The van der Waals surface area contributed by atoms with Crippen LogP contribution in [0.25, 0.3) is 0 Å². The van der Waals surface area contributed by atoms with E-state index in [0.717, 1.165) is 0 Å². The Morgan fingerprint density at radius 1 is 0.933 bits per heavy atom. The number of benzene rings is 2. The fraction of sp³-hybridized carbons (Fsp3) is 0.333. The van der Waals surface area contributed by atoms with Crippen LogP contribution in [0.3, 0.4) is 0 Å². The molecule has 6 N–H and O–H groups in total. The molecule has 0 spiro atoms. The van der Waals surface area contributed by atoms with Crippen LogP contribution in [0.15, 0.2) is 48.5 Å². The fourth-order valence-corrected chi connectivity index (χ4v) is 3.27. The van der Waals surface area contributed by atoms with Gasteiger partial charge in [-0.1, -0.05) is 0 Å². The lowest BCUT2D eigenvalue weighted by atomic mass is 9.88. The number of ketones is 1.